The van der Waals surface area contributed by atoms with Gasteiger partial charge in [0.25, 0.3) is 0 Å². The number of likely N-dealkylation sites (tertiary alicyclic amines) is 1. The van der Waals surface area contributed by atoms with E-state index in [9.17, 15) is 4.79 Å². The predicted octanol–water partition coefficient (Wildman–Crippen LogP) is 5.13. The molecule has 2 rings (SSSR count). The van der Waals surface area contributed by atoms with Gasteiger partial charge in [-0.2, -0.15) is 0 Å². The van der Waals surface area contributed by atoms with Crippen LogP contribution in [0.25, 0.3) is 0 Å². The smallest absolute Gasteiger partial charge is 0.410 e. The van der Waals surface area contributed by atoms with Crippen LogP contribution in [0.15, 0.2) is 10.5 Å². The Labute approximate surface area is 169 Å². The number of pyridine rings is 1. The fourth-order valence-corrected chi connectivity index (χ4v) is 3.56. The second kappa shape index (κ2) is 8.40. The van der Waals surface area contributed by atoms with E-state index in [2.05, 4.69) is 43.5 Å². The molecule has 2 heterocycles. The maximum absolute atomic E-state index is 12.2. The topological polar surface area (TPSA) is 51.7 Å². The number of carbonyl (C=O) groups is 1. The van der Waals surface area contributed by atoms with E-state index in [1.807, 2.05) is 26.8 Å². The van der Waals surface area contributed by atoms with Crippen molar-refractivity contribution < 1.29 is 14.3 Å². The summed E-state index contributed by atoms with van der Waals surface area (Å²) in [4.78, 5) is 18.2. The fraction of sp³-hybridized carbons (Fsp3) is 0.625. The highest BCUT2D eigenvalue weighted by Crippen LogP contribution is 2.30. The Kier molecular flexibility index (Phi) is 7.01. The molecule has 1 aliphatic heterocycles. The molecule has 1 aromatic rings. The van der Waals surface area contributed by atoms with Gasteiger partial charge in [0, 0.05) is 25.1 Å². The van der Waals surface area contributed by atoms with Gasteiger partial charge >= 0.3 is 6.09 Å². The molecule has 1 aliphatic rings. The number of carbonyl (C=O) groups excluding carboxylic acids is 1. The number of hydrogen-bond acceptors (Lipinski definition) is 4. The van der Waals surface area contributed by atoms with Crippen LogP contribution < -0.4 is 4.74 Å². The standard InChI is InChI=1S/C16H21BrClIN2O3/c1-16(2,3)24-15(22)21-6-4-5-10(8-21)9-23-12-7-11(17)13(18)20-14(12)19/h7,10H,4-6,8-9H2,1-3H3. The first kappa shape index (κ1) is 20.0. The summed E-state index contributed by atoms with van der Waals surface area (Å²) in [5.41, 5.74) is -0.474. The van der Waals surface area contributed by atoms with Crippen molar-refractivity contribution in [1.29, 1.82) is 0 Å². The number of aromatic nitrogens is 1. The number of nitrogens with zero attached hydrogens (tertiary/aromatic N) is 2. The molecular weight excluding hydrogens is 510 g/mol. The van der Waals surface area contributed by atoms with Gasteiger partial charge in [0.2, 0.25) is 0 Å². The lowest BCUT2D eigenvalue weighted by molar-refractivity contribution is 0.0139. The lowest BCUT2D eigenvalue weighted by Gasteiger charge is -2.34. The second-order valence-corrected chi connectivity index (χ2v) is 9.03. The Morgan fingerprint density at radius 2 is 2.25 bits per heavy atom. The molecule has 134 valence electrons. The maximum Gasteiger partial charge on any atom is 0.410 e. The lowest BCUT2D eigenvalue weighted by atomic mass is 9.99. The third kappa shape index (κ3) is 5.91. The summed E-state index contributed by atoms with van der Waals surface area (Å²) in [6.45, 7) is 7.55. The highest BCUT2D eigenvalue weighted by atomic mass is 127. The molecule has 0 radical (unpaired) electrons. The molecule has 1 amide bonds. The normalized spacial score (nSPS) is 18.4. The van der Waals surface area contributed by atoms with E-state index < -0.39 is 5.60 Å². The predicted molar refractivity (Wildman–Crippen MR) is 106 cm³/mol. The quantitative estimate of drug-likeness (QED) is 0.401. The molecule has 0 aliphatic carbocycles. The van der Waals surface area contributed by atoms with Gasteiger partial charge in [-0.25, -0.2) is 9.78 Å². The Hall–Kier alpha value is -0.280. The Morgan fingerprint density at radius 1 is 1.54 bits per heavy atom. The van der Waals surface area contributed by atoms with Crippen molar-refractivity contribution in [3.8, 4) is 5.75 Å². The first-order valence-corrected chi connectivity index (χ1v) is 10.0. The van der Waals surface area contributed by atoms with E-state index in [1.165, 1.54) is 0 Å². The number of amides is 1. The van der Waals surface area contributed by atoms with E-state index in [4.69, 9.17) is 21.1 Å². The van der Waals surface area contributed by atoms with Gasteiger partial charge in [-0.15, -0.1) is 0 Å². The minimum absolute atomic E-state index is 0.252. The molecule has 1 atom stereocenters. The zero-order valence-corrected chi connectivity index (χ0v) is 18.4. The van der Waals surface area contributed by atoms with E-state index in [0.717, 1.165) is 23.1 Å². The van der Waals surface area contributed by atoms with Crippen molar-refractivity contribution in [3.05, 3.63) is 19.4 Å². The van der Waals surface area contributed by atoms with Gasteiger partial charge in [-0.05, 0) is 72.1 Å². The highest BCUT2D eigenvalue weighted by molar-refractivity contribution is 14.1. The SMILES string of the molecule is CC(C)(C)OC(=O)N1CCCC(COc2cc(Br)c(Cl)nc2I)C1. The molecule has 1 fully saturated rings. The average Bonchev–Trinajstić information content (AvgIpc) is 2.48. The van der Waals surface area contributed by atoms with Crippen LogP contribution >= 0.6 is 50.1 Å². The molecule has 0 aromatic carbocycles. The first-order valence-electron chi connectivity index (χ1n) is 7.78. The summed E-state index contributed by atoms with van der Waals surface area (Å²) in [5, 5.41) is 0.417. The Morgan fingerprint density at radius 3 is 2.92 bits per heavy atom. The van der Waals surface area contributed by atoms with Crippen LogP contribution in [-0.2, 0) is 4.74 Å². The average molecular weight is 532 g/mol. The van der Waals surface area contributed by atoms with Gasteiger partial charge in [0.15, 0.2) is 5.75 Å². The molecule has 0 bridgehead atoms. The number of ether oxygens (including phenoxy) is 2. The van der Waals surface area contributed by atoms with E-state index in [-0.39, 0.29) is 12.0 Å². The summed E-state index contributed by atoms with van der Waals surface area (Å²) < 4.78 is 12.8. The summed E-state index contributed by atoms with van der Waals surface area (Å²) >= 11 is 11.4. The number of piperidine rings is 1. The van der Waals surface area contributed by atoms with Crippen LogP contribution in [0.1, 0.15) is 33.6 Å². The molecule has 1 saturated heterocycles. The van der Waals surface area contributed by atoms with Crippen molar-refractivity contribution in [2.24, 2.45) is 5.92 Å². The summed E-state index contributed by atoms with van der Waals surface area (Å²) in [6.07, 6.45) is 1.73. The van der Waals surface area contributed by atoms with Crippen LogP contribution in [0, 0.1) is 9.62 Å². The third-order valence-electron chi connectivity index (χ3n) is 3.50. The lowest BCUT2D eigenvalue weighted by Crippen LogP contribution is -2.44. The first-order chi connectivity index (χ1) is 11.2. The number of halogens is 3. The van der Waals surface area contributed by atoms with E-state index in [1.54, 1.807) is 4.90 Å². The van der Waals surface area contributed by atoms with Crippen LogP contribution in [0.3, 0.4) is 0 Å². The molecule has 1 aromatic heterocycles. The molecule has 0 saturated carbocycles. The zero-order chi connectivity index (χ0) is 17.9. The van der Waals surface area contributed by atoms with Crippen LogP contribution in [0.2, 0.25) is 5.15 Å². The third-order valence-corrected chi connectivity index (χ3v) is 5.39. The number of hydrogen-bond donors (Lipinski definition) is 0. The van der Waals surface area contributed by atoms with Gasteiger partial charge < -0.3 is 14.4 Å². The Bertz CT molecular complexity index is 610. The molecule has 24 heavy (non-hydrogen) atoms. The highest BCUT2D eigenvalue weighted by Gasteiger charge is 2.28. The van der Waals surface area contributed by atoms with Crippen molar-refractivity contribution in [2.75, 3.05) is 19.7 Å². The summed E-state index contributed by atoms with van der Waals surface area (Å²) in [5.74, 6) is 0.970. The molecule has 1 unspecified atom stereocenters. The molecule has 8 heteroatoms. The second-order valence-electron chi connectivity index (χ2n) is 6.80. The van der Waals surface area contributed by atoms with E-state index in [0.29, 0.717) is 28.5 Å². The van der Waals surface area contributed by atoms with Gasteiger partial charge in [-0.3, -0.25) is 0 Å². The molecule has 0 spiro atoms. The van der Waals surface area contributed by atoms with Gasteiger partial charge in [0.1, 0.15) is 14.5 Å². The summed E-state index contributed by atoms with van der Waals surface area (Å²) in [6, 6.07) is 1.82. The molecule has 5 nitrogen and oxygen atoms in total. The minimum Gasteiger partial charge on any atom is -0.490 e. The minimum atomic E-state index is -0.474. The maximum atomic E-state index is 12.2. The van der Waals surface area contributed by atoms with Crippen molar-refractivity contribution in [2.45, 2.75) is 39.2 Å². The van der Waals surface area contributed by atoms with Crippen molar-refractivity contribution in [1.82, 2.24) is 9.88 Å². The largest absolute Gasteiger partial charge is 0.490 e. The van der Waals surface area contributed by atoms with Crippen LogP contribution in [0.5, 0.6) is 5.75 Å². The van der Waals surface area contributed by atoms with Crippen LogP contribution in [0.4, 0.5) is 4.79 Å². The summed E-state index contributed by atoms with van der Waals surface area (Å²) in [7, 11) is 0. The van der Waals surface area contributed by atoms with Crippen molar-refractivity contribution in [3.63, 3.8) is 0 Å². The molecular formula is C16H21BrClIN2O3. The van der Waals surface area contributed by atoms with Gasteiger partial charge in [-0.1, -0.05) is 11.6 Å². The monoisotopic (exact) mass is 530 g/mol. The zero-order valence-electron chi connectivity index (χ0n) is 13.9. The Balaban J connectivity index is 1.92. The van der Waals surface area contributed by atoms with E-state index >= 15 is 0 Å². The fourth-order valence-electron chi connectivity index (χ4n) is 2.43. The van der Waals surface area contributed by atoms with Crippen LogP contribution in [-0.4, -0.2) is 41.3 Å². The van der Waals surface area contributed by atoms with Crippen molar-refractivity contribution >= 4 is 56.2 Å². The molecule has 0 N–H and O–H groups in total. The van der Waals surface area contributed by atoms with Gasteiger partial charge in [0.05, 0.1) is 11.1 Å². The number of rotatable bonds is 3.